The summed E-state index contributed by atoms with van der Waals surface area (Å²) >= 11 is 13.8. The summed E-state index contributed by atoms with van der Waals surface area (Å²) in [6.45, 7) is 6.18. The summed E-state index contributed by atoms with van der Waals surface area (Å²) in [4.78, 5) is 36.0. The van der Waals surface area contributed by atoms with Crippen molar-refractivity contribution in [2.24, 2.45) is 5.92 Å². The third kappa shape index (κ3) is 5.52. The summed E-state index contributed by atoms with van der Waals surface area (Å²) in [5.41, 5.74) is 4.84. The van der Waals surface area contributed by atoms with Gasteiger partial charge in [-0.15, -0.1) is 0 Å². The first-order valence-corrected chi connectivity index (χ1v) is 14.7. The number of piperidine rings is 1. The van der Waals surface area contributed by atoms with Crippen molar-refractivity contribution >= 4 is 55.3 Å². The van der Waals surface area contributed by atoms with Gasteiger partial charge in [-0.3, -0.25) is 19.5 Å². The van der Waals surface area contributed by atoms with E-state index in [1.165, 1.54) is 16.7 Å². The van der Waals surface area contributed by atoms with Gasteiger partial charge in [-0.1, -0.05) is 27.5 Å². The number of piperazine rings is 1. The van der Waals surface area contributed by atoms with E-state index in [1.807, 2.05) is 22.1 Å². The lowest BCUT2D eigenvalue weighted by molar-refractivity contribution is -0.135. The number of hydrogen-bond acceptors (Lipinski definition) is 4. The first-order chi connectivity index (χ1) is 17.3. The first-order valence-electron chi connectivity index (χ1n) is 12.7. The quantitative estimate of drug-likeness (QED) is 0.462. The predicted molar refractivity (Wildman–Crippen MR) is 148 cm³/mol. The van der Waals surface area contributed by atoms with Crippen molar-refractivity contribution in [3.63, 3.8) is 0 Å². The highest BCUT2D eigenvalue weighted by Crippen LogP contribution is 2.42. The van der Waals surface area contributed by atoms with E-state index in [2.05, 4.69) is 48.9 Å². The van der Waals surface area contributed by atoms with Crippen molar-refractivity contribution in [2.75, 3.05) is 39.3 Å². The lowest BCUT2D eigenvalue weighted by Crippen LogP contribution is -2.50. The highest BCUT2D eigenvalue weighted by atomic mass is 79.9. The number of fused-ring (bicyclic) bond motifs is 2. The molecule has 2 amide bonds. The molecule has 1 aromatic heterocycles. The number of carbonyl (C=O) groups excluding carboxylic acids is 2. The molecule has 0 saturated carbocycles. The fourth-order valence-electron chi connectivity index (χ4n) is 5.91. The summed E-state index contributed by atoms with van der Waals surface area (Å²) in [5, 5.41) is 0.740. The molecule has 2 fully saturated rings. The van der Waals surface area contributed by atoms with E-state index in [-0.39, 0.29) is 17.9 Å². The normalized spacial score (nSPS) is 21.1. The molecule has 3 heterocycles. The number of likely N-dealkylation sites (tertiary alicyclic amines) is 1. The van der Waals surface area contributed by atoms with Gasteiger partial charge >= 0.3 is 0 Å². The molecule has 9 heteroatoms. The monoisotopic (exact) mass is 636 g/mol. The summed E-state index contributed by atoms with van der Waals surface area (Å²) in [7, 11) is 0. The number of rotatable bonds is 3. The lowest BCUT2D eigenvalue weighted by atomic mass is 9.92. The van der Waals surface area contributed by atoms with Crippen LogP contribution in [0.5, 0.6) is 0 Å². The number of benzene rings is 1. The standard InChI is InChI=1S/C27H31Br2ClN4O2/c1-17(35)32-6-4-18(5-7-32)12-24(36)33-8-10-34(11-9-33)27-25-19(14-22(30)15-23(25)29)2-3-20-13-21(28)16-31-26(20)27/h13-16,18,27H,2-12H2,1H3/t27-/m0/s1. The smallest absolute Gasteiger partial charge is 0.222 e. The molecule has 1 atom stereocenters. The van der Waals surface area contributed by atoms with Gasteiger partial charge in [0.15, 0.2) is 0 Å². The van der Waals surface area contributed by atoms with Gasteiger partial charge in [-0.05, 0) is 82.4 Å². The Labute approximate surface area is 234 Å². The summed E-state index contributed by atoms with van der Waals surface area (Å²) < 4.78 is 2.01. The van der Waals surface area contributed by atoms with Crippen LogP contribution in [-0.2, 0) is 22.4 Å². The number of pyridine rings is 1. The average molecular weight is 639 g/mol. The van der Waals surface area contributed by atoms with Crippen LogP contribution in [0.4, 0.5) is 0 Å². The number of aryl methyl sites for hydroxylation is 2. The highest BCUT2D eigenvalue weighted by molar-refractivity contribution is 9.10. The van der Waals surface area contributed by atoms with Crippen molar-refractivity contribution in [1.82, 2.24) is 19.7 Å². The minimum atomic E-state index is 0.0189. The Balaban J connectivity index is 1.31. The van der Waals surface area contributed by atoms with Crippen LogP contribution in [0.2, 0.25) is 5.02 Å². The zero-order valence-corrected chi connectivity index (χ0v) is 24.4. The predicted octanol–water partition coefficient (Wildman–Crippen LogP) is 5.24. The van der Waals surface area contributed by atoms with Crippen LogP contribution in [0, 0.1) is 5.92 Å². The summed E-state index contributed by atoms with van der Waals surface area (Å²) in [5.74, 6) is 0.746. The van der Waals surface area contributed by atoms with Crippen LogP contribution in [0.15, 0.2) is 33.3 Å². The van der Waals surface area contributed by atoms with E-state index in [0.717, 1.165) is 71.5 Å². The number of halogens is 3. The van der Waals surface area contributed by atoms with Crippen molar-refractivity contribution < 1.29 is 9.59 Å². The molecule has 2 aliphatic heterocycles. The second-order valence-electron chi connectivity index (χ2n) is 10.1. The first kappa shape index (κ1) is 26.1. The Morgan fingerprint density at radius 2 is 1.67 bits per heavy atom. The maximum atomic E-state index is 13.1. The summed E-state index contributed by atoms with van der Waals surface area (Å²) in [6, 6.07) is 6.28. The van der Waals surface area contributed by atoms with Gasteiger partial charge in [-0.2, -0.15) is 0 Å². The third-order valence-electron chi connectivity index (χ3n) is 7.90. The maximum Gasteiger partial charge on any atom is 0.222 e. The Hall–Kier alpha value is -1.48. The van der Waals surface area contributed by atoms with Crippen LogP contribution in [0.1, 0.15) is 54.6 Å². The molecule has 36 heavy (non-hydrogen) atoms. The van der Waals surface area contributed by atoms with E-state index in [0.29, 0.717) is 25.4 Å². The van der Waals surface area contributed by atoms with E-state index < -0.39 is 0 Å². The van der Waals surface area contributed by atoms with Gasteiger partial charge in [-0.25, -0.2) is 0 Å². The lowest BCUT2D eigenvalue weighted by Gasteiger charge is -2.40. The largest absolute Gasteiger partial charge is 0.343 e. The Morgan fingerprint density at radius 3 is 2.36 bits per heavy atom. The van der Waals surface area contributed by atoms with Crippen molar-refractivity contribution in [3.05, 3.63) is 60.7 Å². The zero-order chi connectivity index (χ0) is 25.4. The van der Waals surface area contributed by atoms with Crippen LogP contribution >= 0.6 is 43.5 Å². The molecular weight excluding hydrogens is 608 g/mol. The molecule has 2 saturated heterocycles. The number of carbonyl (C=O) groups is 2. The average Bonchev–Trinajstić information content (AvgIpc) is 3.01. The van der Waals surface area contributed by atoms with Crippen molar-refractivity contribution in [3.8, 4) is 0 Å². The third-order valence-corrected chi connectivity index (χ3v) is 9.21. The van der Waals surface area contributed by atoms with Crippen LogP contribution in [0.25, 0.3) is 0 Å². The van der Waals surface area contributed by atoms with Gasteiger partial charge in [0.1, 0.15) is 0 Å². The van der Waals surface area contributed by atoms with E-state index in [4.69, 9.17) is 16.6 Å². The number of aromatic nitrogens is 1. The highest BCUT2D eigenvalue weighted by Gasteiger charge is 2.35. The van der Waals surface area contributed by atoms with Gasteiger partial charge < -0.3 is 9.80 Å². The van der Waals surface area contributed by atoms with E-state index in [9.17, 15) is 9.59 Å². The molecule has 6 nitrogen and oxygen atoms in total. The molecule has 0 bridgehead atoms. The molecule has 1 aliphatic carbocycles. The van der Waals surface area contributed by atoms with Gasteiger partial charge in [0.25, 0.3) is 0 Å². The number of amides is 2. The molecule has 192 valence electrons. The topological polar surface area (TPSA) is 56.8 Å². The Bertz CT molecular complexity index is 1160. The maximum absolute atomic E-state index is 13.1. The van der Waals surface area contributed by atoms with Crippen molar-refractivity contribution in [2.45, 2.75) is 45.1 Å². The molecule has 0 spiro atoms. The molecule has 3 aliphatic rings. The SMILES string of the molecule is CC(=O)N1CCC(CC(=O)N2CCN([C@@H]3c4ncc(Br)cc4CCc4cc(Cl)cc(Br)c43)CC2)CC1. The fourth-order valence-corrected chi connectivity index (χ4v) is 7.38. The Kier molecular flexibility index (Phi) is 8.06. The number of hydrogen-bond donors (Lipinski definition) is 0. The minimum Gasteiger partial charge on any atom is -0.343 e. The van der Waals surface area contributed by atoms with E-state index >= 15 is 0 Å². The molecule has 0 radical (unpaired) electrons. The van der Waals surface area contributed by atoms with Crippen LogP contribution in [-0.4, -0.2) is 70.8 Å². The Morgan fingerprint density at radius 1 is 0.972 bits per heavy atom. The molecule has 0 unspecified atom stereocenters. The molecule has 2 aromatic rings. The number of nitrogens with zero attached hydrogens (tertiary/aromatic N) is 4. The minimum absolute atomic E-state index is 0.0189. The van der Waals surface area contributed by atoms with Crippen LogP contribution < -0.4 is 0 Å². The molecule has 1 aromatic carbocycles. The van der Waals surface area contributed by atoms with E-state index in [1.54, 1.807) is 6.92 Å². The molecule has 0 N–H and O–H groups in total. The summed E-state index contributed by atoms with van der Waals surface area (Å²) in [6.07, 6.45) is 6.13. The van der Waals surface area contributed by atoms with Crippen molar-refractivity contribution in [1.29, 1.82) is 0 Å². The molecular formula is C27H31Br2ClN4O2. The van der Waals surface area contributed by atoms with Gasteiger partial charge in [0, 0.05) is 72.8 Å². The second-order valence-corrected chi connectivity index (χ2v) is 12.3. The van der Waals surface area contributed by atoms with Gasteiger partial charge in [0.2, 0.25) is 11.8 Å². The van der Waals surface area contributed by atoms with Crippen LogP contribution in [0.3, 0.4) is 0 Å². The fraction of sp³-hybridized carbons (Fsp3) is 0.519. The second kappa shape index (κ2) is 11.1. The zero-order valence-electron chi connectivity index (χ0n) is 20.5. The molecule has 5 rings (SSSR count). The van der Waals surface area contributed by atoms with Gasteiger partial charge in [0.05, 0.1) is 11.7 Å².